The number of allylic oxidation sites excluding steroid dienone is 1. The number of aromatic nitrogens is 3. The van der Waals surface area contributed by atoms with Gasteiger partial charge in [0.25, 0.3) is 5.56 Å². The average molecular weight is 484 g/mol. The highest BCUT2D eigenvalue weighted by Gasteiger charge is 2.19. The molecule has 5 rings (SSSR count). The minimum Gasteiger partial charge on any atom is -0.500 e. The molecule has 5 aromatic rings. The Morgan fingerprint density at radius 1 is 1.00 bits per heavy atom. The topological polar surface area (TPSA) is 49.0 Å². The predicted molar refractivity (Wildman–Crippen MR) is 142 cm³/mol. The zero-order valence-electron chi connectivity index (χ0n) is 19.8. The SMILES string of the molecule is C=C(Cn1c(C)c(Cc2nn(Cc3ccccc3)c(=O)c3ccccc23)c2cc(Cl)ccc21)OC. The molecule has 35 heavy (non-hydrogen) atoms. The van der Waals surface area contributed by atoms with Crippen LogP contribution in [0, 0.1) is 6.92 Å². The van der Waals surface area contributed by atoms with Crippen molar-refractivity contribution in [3.8, 4) is 0 Å². The molecule has 0 atom stereocenters. The molecule has 0 saturated heterocycles. The summed E-state index contributed by atoms with van der Waals surface area (Å²) in [7, 11) is 1.63. The first-order valence-corrected chi connectivity index (χ1v) is 11.9. The van der Waals surface area contributed by atoms with E-state index in [0.717, 1.165) is 38.8 Å². The average Bonchev–Trinajstić information content (AvgIpc) is 3.12. The predicted octanol–water partition coefficient (Wildman–Crippen LogP) is 6.11. The van der Waals surface area contributed by atoms with Crippen molar-refractivity contribution < 1.29 is 4.74 Å². The van der Waals surface area contributed by atoms with E-state index < -0.39 is 0 Å². The van der Waals surface area contributed by atoms with Crippen LogP contribution in [0.2, 0.25) is 5.02 Å². The van der Waals surface area contributed by atoms with Crippen molar-refractivity contribution in [3.05, 3.63) is 123 Å². The molecule has 0 aliphatic carbocycles. The van der Waals surface area contributed by atoms with E-state index >= 15 is 0 Å². The van der Waals surface area contributed by atoms with Crippen molar-refractivity contribution in [3.63, 3.8) is 0 Å². The summed E-state index contributed by atoms with van der Waals surface area (Å²) in [4.78, 5) is 13.3. The van der Waals surface area contributed by atoms with Crippen LogP contribution < -0.4 is 5.56 Å². The number of ether oxygens (including phenoxy) is 1. The molecule has 0 N–H and O–H groups in total. The number of fused-ring (bicyclic) bond motifs is 2. The summed E-state index contributed by atoms with van der Waals surface area (Å²) in [6, 6.07) is 23.5. The van der Waals surface area contributed by atoms with Gasteiger partial charge in [-0.2, -0.15) is 5.10 Å². The third kappa shape index (κ3) is 4.35. The van der Waals surface area contributed by atoms with Crippen LogP contribution >= 0.6 is 11.6 Å². The summed E-state index contributed by atoms with van der Waals surface area (Å²) in [5.74, 6) is 0.673. The number of methoxy groups -OCH3 is 1. The Morgan fingerprint density at radius 3 is 2.46 bits per heavy atom. The van der Waals surface area contributed by atoms with Crippen LogP contribution in [0.5, 0.6) is 0 Å². The Kier molecular flexibility index (Phi) is 6.18. The molecule has 0 amide bonds. The molecule has 0 unspecified atom stereocenters. The largest absolute Gasteiger partial charge is 0.500 e. The van der Waals surface area contributed by atoms with E-state index in [1.54, 1.807) is 11.8 Å². The molecule has 0 aliphatic heterocycles. The van der Waals surface area contributed by atoms with Gasteiger partial charge in [-0.15, -0.1) is 0 Å². The maximum Gasteiger partial charge on any atom is 0.274 e. The summed E-state index contributed by atoms with van der Waals surface area (Å²) < 4.78 is 9.12. The first-order chi connectivity index (χ1) is 17.0. The molecule has 0 saturated carbocycles. The van der Waals surface area contributed by atoms with Crippen molar-refractivity contribution in [2.45, 2.75) is 26.4 Å². The molecule has 0 aliphatic rings. The van der Waals surface area contributed by atoms with Crippen LogP contribution in [-0.2, 0) is 24.2 Å². The molecule has 176 valence electrons. The number of halogens is 1. The maximum atomic E-state index is 13.3. The number of benzene rings is 3. The lowest BCUT2D eigenvalue weighted by Gasteiger charge is -2.12. The molecule has 2 heterocycles. The highest BCUT2D eigenvalue weighted by atomic mass is 35.5. The number of hydrogen-bond donors (Lipinski definition) is 0. The lowest BCUT2D eigenvalue weighted by Crippen LogP contribution is -2.25. The van der Waals surface area contributed by atoms with E-state index in [-0.39, 0.29) is 5.56 Å². The molecule has 3 aromatic carbocycles. The van der Waals surface area contributed by atoms with E-state index in [1.807, 2.05) is 72.8 Å². The van der Waals surface area contributed by atoms with E-state index in [0.29, 0.717) is 35.7 Å². The van der Waals surface area contributed by atoms with Gasteiger partial charge in [-0.3, -0.25) is 4.79 Å². The first kappa shape index (κ1) is 22.9. The van der Waals surface area contributed by atoms with E-state index in [1.165, 1.54) is 0 Å². The van der Waals surface area contributed by atoms with Gasteiger partial charge < -0.3 is 9.30 Å². The lowest BCUT2D eigenvalue weighted by atomic mass is 10.0. The summed E-state index contributed by atoms with van der Waals surface area (Å²) in [5, 5.41) is 8.14. The van der Waals surface area contributed by atoms with Gasteiger partial charge >= 0.3 is 0 Å². The molecule has 0 bridgehead atoms. The second kappa shape index (κ2) is 9.43. The van der Waals surface area contributed by atoms with Crippen LogP contribution in [0.15, 0.2) is 89.9 Å². The molecule has 0 spiro atoms. The van der Waals surface area contributed by atoms with Gasteiger partial charge in [0, 0.05) is 33.4 Å². The second-order valence-electron chi connectivity index (χ2n) is 8.67. The molecule has 6 heteroatoms. The highest BCUT2D eigenvalue weighted by molar-refractivity contribution is 6.31. The Bertz CT molecular complexity index is 1620. The third-order valence-electron chi connectivity index (χ3n) is 6.50. The summed E-state index contributed by atoms with van der Waals surface area (Å²) in [6.45, 7) is 7.06. The zero-order valence-corrected chi connectivity index (χ0v) is 20.5. The van der Waals surface area contributed by atoms with Crippen LogP contribution in [0.1, 0.15) is 22.5 Å². The number of nitrogens with zero attached hydrogens (tertiary/aromatic N) is 3. The monoisotopic (exact) mass is 483 g/mol. The van der Waals surface area contributed by atoms with Crippen LogP contribution in [0.3, 0.4) is 0 Å². The smallest absolute Gasteiger partial charge is 0.274 e. The number of hydrogen-bond acceptors (Lipinski definition) is 3. The Labute approximate surface area is 208 Å². The van der Waals surface area contributed by atoms with Crippen molar-refractivity contribution in [1.82, 2.24) is 14.3 Å². The van der Waals surface area contributed by atoms with Crippen molar-refractivity contribution >= 4 is 33.3 Å². The fourth-order valence-corrected chi connectivity index (χ4v) is 4.83. The summed E-state index contributed by atoms with van der Waals surface area (Å²) in [6.07, 6.45) is 0.560. The van der Waals surface area contributed by atoms with Crippen molar-refractivity contribution in [1.29, 1.82) is 0 Å². The van der Waals surface area contributed by atoms with Crippen LogP contribution in [0.25, 0.3) is 21.7 Å². The van der Waals surface area contributed by atoms with E-state index in [2.05, 4.69) is 18.1 Å². The van der Waals surface area contributed by atoms with Gasteiger partial charge in [0.2, 0.25) is 0 Å². The van der Waals surface area contributed by atoms with E-state index in [9.17, 15) is 4.79 Å². The quantitative estimate of drug-likeness (QED) is 0.262. The zero-order chi connectivity index (χ0) is 24.5. The minimum atomic E-state index is -0.0909. The molecular formula is C29H26ClN3O2. The van der Waals surface area contributed by atoms with Gasteiger partial charge in [-0.05, 0) is 42.3 Å². The Hall–Kier alpha value is -3.83. The standard InChI is InChI=1S/C29H26ClN3O2/c1-19(35-3)17-32-20(2)25(26-15-22(30)13-14-28(26)32)16-27-23-11-7-8-12-24(23)29(34)33(31-27)18-21-9-5-4-6-10-21/h4-15H,1,16-18H2,2-3H3. The minimum absolute atomic E-state index is 0.0909. The lowest BCUT2D eigenvalue weighted by molar-refractivity contribution is 0.273. The molecule has 0 fully saturated rings. The van der Waals surface area contributed by atoms with E-state index in [4.69, 9.17) is 21.4 Å². The second-order valence-corrected chi connectivity index (χ2v) is 9.11. The maximum absolute atomic E-state index is 13.3. The van der Waals surface area contributed by atoms with Crippen LogP contribution in [0.4, 0.5) is 0 Å². The molecular weight excluding hydrogens is 458 g/mol. The van der Waals surface area contributed by atoms with Gasteiger partial charge in [0.05, 0.1) is 31.3 Å². The highest BCUT2D eigenvalue weighted by Crippen LogP contribution is 2.31. The Morgan fingerprint density at radius 2 is 1.71 bits per heavy atom. The molecule has 2 aromatic heterocycles. The summed E-state index contributed by atoms with van der Waals surface area (Å²) >= 11 is 6.41. The first-order valence-electron chi connectivity index (χ1n) is 11.5. The van der Waals surface area contributed by atoms with Gasteiger partial charge in [-0.25, -0.2) is 4.68 Å². The Balaban J connectivity index is 1.68. The summed E-state index contributed by atoms with van der Waals surface area (Å²) in [5.41, 5.74) is 5.06. The number of rotatable bonds is 7. The van der Waals surface area contributed by atoms with Crippen molar-refractivity contribution in [2.75, 3.05) is 7.11 Å². The third-order valence-corrected chi connectivity index (χ3v) is 6.74. The van der Waals surface area contributed by atoms with Gasteiger partial charge in [0.15, 0.2) is 0 Å². The molecule has 0 radical (unpaired) electrons. The molecule has 5 nitrogen and oxygen atoms in total. The van der Waals surface area contributed by atoms with Crippen molar-refractivity contribution in [2.24, 2.45) is 0 Å². The fraction of sp³-hybridized carbons (Fsp3) is 0.172. The van der Waals surface area contributed by atoms with Crippen LogP contribution in [-0.4, -0.2) is 21.5 Å². The fourth-order valence-electron chi connectivity index (χ4n) is 4.66. The van der Waals surface area contributed by atoms with Gasteiger partial charge in [-0.1, -0.05) is 66.7 Å². The normalized spacial score (nSPS) is 11.3. The van der Waals surface area contributed by atoms with Gasteiger partial charge in [0.1, 0.15) is 5.76 Å².